The topological polar surface area (TPSA) is 104 Å². The Morgan fingerprint density at radius 1 is 1.33 bits per heavy atom. The number of amides is 2. The Morgan fingerprint density at radius 2 is 2.00 bits per heavy atom. The van der Waals surface area contributed by atoms with E-state index in [2.05, 4.69) is 5.32 Å². The molecule has 2 amide bonds. The van der Waals surface area contributed by atoms with Crippen LogP contribution in [0.4, 0.5) is 10.5 Å². The molecule has 0 aromatic heterocycles. The molecule has 8 heteroatoms. The maximum absolute atomic E-state index is 12.1. The molecule has 1 aliphatic heterocycles. The number of rotatable bonds is 3. The van der Waals surface area contributed by atoms with Gasteiger partial charge in [0.25, 0.3) is 0 Å². The van der Waals surface area contributed by atoms with Crippen LogP contribution in [0, 0.1) is 0 Å². The first kappa shape index (κ1) is 15.0. The molecule has 1 aromatic rings. The Labute approximate surface area is 121 Å². The van der Waals surface area contributed by atoms with Crippen LogP contribution in [0.5, 0.6) is 0 Å². The van der Waals surface area contributed by atoms with Gasteiger partial charge in [0.2, 0.25) is 0 Å². The average molecular weight is 310 g/mol. The molecule has 0 spiro atoms. The largest absolute Gasteiger partial charge is 0.478 e. The summed E-state index contributed by atoms with van der Waals surface area (Å²) in [6, 6.07) is 4.89. The summed E-state index contributed by atoms with van der Waals surface area (Å²) in [6.07, 6.45) is 1.39. The van der Waals surface area contributed by atoms with Crippen LogP contribution in [-0.4, -0.2) is 44.4 Å². The average Bonchev–Trinajstić information content (AvgIpc) is 2.76. The molecular formula is C13H14N2O5S. The minimum atomic E-state index is -3.26. The minimum Gasteiger partial charge on any atom is -0.478 e. The number of nitrogens with zero attached hydrogens (tertiary/aromatic N) is 1. The molecule has 1 atom stereocenters. The van der Waals surface area contributed by atoms with Crippen molar-refractivity contribution in [1.29, 1.82) is 0 Å². The molecular weight excluding hydrogens is 296 g/mol. The third kappa shape index (κ3) is 3.40. The van der Waals surface area contributed by atoms with Gasteiger partial charge in [-0.05, 0) is 18.2 Å². The number of sulfone groups is 1. The molecule has 112 valence electrons. The number of para-hydroxylation sites is 1. The lowest BCUT2D eigenvalue weighted by Crippen LogP contribution is -2.44. The summed E-state index contributed by atoms with van der Waals surface area (Å²) >= 11 is 0. The van der Waals surface area contributed by atoms with E-state index in [0.717, 1.165) is 10.3 Å². The number of carboxylic acid groups (broad SMARTS) is 1. The Bertz CT molecular complexity index is 711. The van der Waals surface area contributed by atoms with Gasteiger partial charge in [0.05, 0.1) is 23.0 Å². The fraction of sp³-hybridized carbons (Fsp3) is 0.231. The SMILES string of the molecule is CN(C(=O)NC1C=CS(=O)(=O)C1)c1ccccc1C(=O)O. The number of urea groups is 1. The zero-order valence-corrected chi connectivity index (χ0v) is 12.0. The molecule has 0 saturated carbocycles. The van der Waals surface area contributed by atoms with E-state index in [1.54, 1.807) is 12.1 Å². The monoisotopic (exact) mass is 310 g/mol. The minimum absolute atomic E-state index is 0.00950. The molecule has 7 nitrogen and oxygen atoms in total. The summed E-state index contributed by atoms with van der Waals surface area (Å²) < 4.78 is 22.6. The van der Waals surface area contributed by atoms with Gasteiger partial charge < -0.3 is 10.4 Å². The number of carbonyl (C=O) groups is 2. The van der Waals surface area contributed by atoms with Gasteiger partial charge in [-0.25, -0.2) is 18.0 Å². The zero-order chi connectivity index (χ0) is 15.6. The molecule has 2 N–H and O–H groups in total. The fourth-order valence-corrected chi connectivity index (χ4v) is 3.21. The van der Waals surface area contributed by atoms with Crippen molar-refractivity contribution in [2.45, 2.75) is 6.04 Å². The van der Waals surface area contributed by atoms with Crippen molar-refractivity contribution in [1.82, 2.24) is 5.32 Å². The van der Waals surface area contributed by atoms with Gasteiger partial charge in [0.15, 0.2) is 9.84 Å². The quantitative estimate of drug-likeness (QED) is 0.861. The van der Waals surface area contributed by atoms with E-state index in [4.69, 9.17) is 5.11 Å². The van der Waals surface area contributed by atoms with Crippen LogP contribution in [0.15, 0.2) is 35.7 Å². The van der Waals surface area contributed by atoms with Gasteiger partial charge in [0, 0.05) is 12.5 Å². The Balaban J connectivity index is 2.14. The third-order valence-electron chi connectivity index (χ3n) is 3.04. The zero-order valence-electron chi connectivity index (χ0n) is 11.2. The van der Waals surface area contributed by atoms with Gasteiger partial charge in [-0.15, -0.1) is 0 Å². The van der Waals surface area contributed by atoms with Crippen molar-refractivity contribution in [2.24, 2.45) is 0 Å². The Morgan fingerprint density at radius 3 is 2.57 bits per heavy atom. The highest BCUT2D eigenvalue weighted by molar-refractivity contribution is 7.94. The summed E-state index contributed by atoms with van der Waals surface area (Å²) in [5.74, 6) is -1.33. The van der Waals surface area contributed by atoms with E-state index < -0.39 is 27.9 Å². The molecule has 1 heterocycles. The number of hydrogen-bond acceptors (Lipinski definition) is 4. The summed E-state index contributed by atoms with van der Waals surface area (Å²) in [7, 11) is -1.84. The van der Waals surface area contributed by atoms with E-state index in [-0.39, 0.29) is 17.0 Å². The number of nitrogens with one attached hydrogen (secondary N) is 1. The van der Waals surface area contributed by atoms with Crippen LogP contribution in [0.25, 0.3) is 0 Å². The van der Waals surface area contributed by atoms with Crippen molar-refractivity contribution in [3.63, 3.8) is 0 Å². The number of aromatic carboxylic acids is 1. The normalized spacial score (nSPS) is 19.2. The van der Waals surface area contributed by atoms with Crippen LogP contribution in [0.3, 0.4) is 0 Å². The predicted molar refractivity (Wildman–Crippen MR) is 77.1 cm³/mol. The molecule has 1 aliphatic rings. The molecule has 2 rings (SSSR count). The Hall–Kier alpha value is -2.35. The fourth-order valence-electron chi connectivity index (χ4n) is 1.98. The van der Waals surface area contributed by atoms with Crippen LogP contribution < -0.4 is 10.2 Å². The number of hydrogen-bond donors (Lipinski definition) is 2. The second-order valence-electron chi connectivity index (χ2n) is 4.60. The molecule has 0 aliphatic carbocycles. The predicted octanol–water partition coefficient (Wildman–Crippen LogP) is 0.841. The van der Waals surface area contributed by atoms with Gasteiger partial charge in [-0.3, -0.25) is 4.90 Å². The first-order valence-corrected chi connectivity index (χ1v) is 7.79. The van der Waals surface area contributed by atoms with Gasteiger partial charge in [-0.2, -0.15) is 0 Å². The van der Waals surface area contributed by atoms with Crippen molar-refractivity contribution >= 4 is 27.5 Å². The summed E-state index contributed by atoms with van der Waals surface area (Å²) in [4.78, 5) is 24.3. The van der Waals surface area contributed by atoms with Gasteiger partial charge in [-0.1, -0.05) is 12.1 Å². The lowest BCUT2D eigenvalue weighted by Gasteiger charge is -2.21. The maximum atomic E-state index is 12.1. The molecule has 0 fully saturated rings. The molecule has 0 radical (unpaired) electrons. The van der Waals surface area contributed by atoms with Crippen molar-refractivity contribution in [3.8, 4) is 0 Å². The smallest absolute Gasteiger partial charge is 0.337 e. The lowest BCUT2D eigenvalue weighted by atomic mass is 10.1. The van der Waals surface area contributed by atoms with Crippen molar-refractivity contribution in [2.75, 3.05) is 17.7 Å². The summed E-state index contributed by atoms with van der Waals surface area (Å²) in [5, 5.41) is 12.7. The van der Waals surface area contributed by atoms with E-state index in [1.807, 2.05) is 0 Å². The maximum Gasteiger partial charge on any atom is 0.337 e. The number of carboxylic acids is 1. The van der Waals surface area contributed by atoms with E-state index in [1.165, 1.54) is 25.3 Å². The van der Waals surface area contributed by atoms with E-state index in [0.29, 0.717) is 0 Å². The molecule has 1 unspecified atom stereocenters. The first-order chi connectivity index (χ1) is 9.80. The molecule has 21 heavy (non-hydrogen) atoms. The third-order valence-corrected chi connectivity index (χ3v) is 4.43. The second kappa shape index (κ2) is 5.57. The van der Waals surface area contributed by atoms with Crippen molar-refractivity contribution in [3.05, 3.63) is 41.3 Å². The summed E-state index contributed by atoms with van der Waals surface area (Å²) in [5.41, 5.74) is 0.220. The summed E-state index contributed by atoms with van der Waals surface area (Å²) in [6.45, 7) is 0. The highest BCUT2D eigenvalue weighted by atomic mass is 32.2. The van der Waals surface area contributed by atoms with Crippen LogP contribution in [0.1, 0.15) is 10.4 Å². The van der Waals surface area contributed by atoms with Crippen LogP contribution in [0.2, 0.25) is 0 Å². The lowest BCUT2D eigenvalue weighted by molar-refractivity contribution is 0.0697. The number of anilines is 1. The van der Waals surface area contributed by atoms with E-state index >= 15 is 0 Å². The van der Waals surface area contributed by atoms with Gasteiger partial charge >= 0.3 is 12.0 Å². The van der Waals surface area contributed by atoms with Crippen LogP contribution in [-0.2, 0) is 9.84 Å². The highest BCUT2D eigenvalue weighted by Gasteiger charge is 2.25. The number of benzene rings is 1. The molecule has 0 bridgehead atoms. The van der Waals surface area contributed by atoms with Gasteiger partial charge in [0.1, 0.15) is 0 Å². The van der Waals surface area contributed by atoms with Crippen molar-refractivity contribution < 1.29 is 23.1 Å². The molecule has 0 saturated heterocycles. The second-order valence-corrected chi connectivity index (χ2v) is 6.53. The van der Waals surface area contributed by atoms with Crippen LogP contribution >= 0.6 is 0 Å². The first-order valence-electron chi connectivity index (χ1n) is 6.07. The Kier molecular flexibility index (Phi) is 3.99. The van der Waals surface area contributed by atoms with E-state index in [9.17, 15) is 18.0 Å². The standard InChI is InChI=1S/C13H14N2O5S/c1-15(11-5-3-2-4-10(11)12(16)17)13(18)14-9-6-7-21(19,20)8-9/h2-7,9H,8H2,1H3,(H,14,18)(H,16,17). The molecule has 1 aromatic carbocycles. The highest BCUT2D eigenvalue weighted by Crippen LogP contribution is 2.19. The number of carbonyl (C=O) groups excluding carboxylic acids is 1.